The van der Waals surface area contributed by atoms with Crippen molar-refractivity contribution >= 4 is 17.7 Å². The lowest BCUT2D eigenvalue weighted by molar-refractivity contribution is -0.137. The Balaban J connectivity index is 2.01. The van der Waals surface area contributed by atoms with Gasteiger partial charge in [-0.3, -0.25) is 4.79 Å². The van der Waals surface area contributed by atoms with Crippen molar-refractivity contribution in [3.8, 4) is 0 Å². The van der Waals surface area contributed by atoms with Crippen molar-refractivity contribution < 1.29 is 19.4 Å². The third-order valence-electron chi connectivity index (χ3n) is 3.70. The molecule has 0 aliphatic carbocycles. The number of nitrogens with one attached hydrogen (secondary N) is 1. The third kappa shape index (κ3) is 5.84. The fourth-order valence-electron chi connectivity index (χ4n) is 2.34. The first kappa shape index (κ1) is 18.3. The molecular weight excluding hydrogens is 320 g/mol. The van der Waals surface area contributed by atoms with E-state index in [1.807, 2.05) is 61.5 Å². The molecule has 6 nitrogen and oxygen atoms in total. The van der Waals surface area contributed by atoms with E-state index in [2.05, 4.69) is 5.32 Å². The molecule has 0 saturated carbocycles. The number of carboxylic acid groups (broad SMARTS) is 1. The van der Waals surface area contributed by atoms with E-state index in [9.17, 15) is 9.59 Å². The minimum atomic E-state index is -0.995. The van der Waals surface area contributed by atoms with E-state index < -0.39 is 18.1 Å². The zero-order valence-electron chi connectivity index (χ0n) is 14.3. The molecule has 0 saturated heterocycles. The first-order valence-corrected chi connectivity index (χ1v) is 7.92. The van der Waals surface area contributed by atoms with Crippen LogP contribution in [0, 0.1) is 0 Å². The molecular formula is C19H22N2O4. The number of rotatable bonds is 7. The van der Waals surface area contributed by atoms with Gasteiger partial charge in [-0.05, 0) is 23.3 Å². The van der Waals surface area contributed by atoms with Crippen LogP contribution in [0.3, 0.4) is 0 Å². The number of alkyl carbamates (subject to hydrolysis) is 1. The second-order valence-corrected chi connectivity index (χ2v) is 5.84. The average molecular weight is 342 g/mol. The summed E-state index contributed by atoms with van der Waals surface area (Å²) < 4.78 is 5.17. The van der Waals surface area contributed by atoms with Crippen molar-refractivity contribution in [3.63, 3.8) is 0 Å². The average Bonchev–Trinajstić information content (AvgIpc) is 2.60. The predicted octanol–water partition coefficient (Wildman–Crippen LogP) is 3.19. The largest absolute Gasteiger partial charge is 0.481 e. The van der Waals surface area contributed by atoms with Crippen LogP contribution in [0.5, 0.6) is 0 Å². The minimum Gasteiger partial charge on any atom is -0.481 e. The first-order chi connectivity index (χ1) is 12.0. The van der Waals surface area contributed by atoms with Crippen LogP contribution in [0.4, 0.5) is 10.5 Å². The molecule has 0 aliphatic heterocycles. The molecule has 0 fully saturated rings. The highest BCUT2D eigenvalue weighted by molar-refractivity contribution is 5.72. The standard InChI is InChI=1S/C19H22N2O4/c1-21(2)16-10-8-15(9-11-16)17(12-18(22)23)20-19(24)25-13-14-6-4-3-5-7-14/h3-11,17H,12-13H2,1-2H3,(H,20,24)(H,22,23). The molecule has 1 amide bonds. The minimum absolute atomic E-state index is 0.131. The Morgan fingerprint density at radius 2 is 1.72 bits per heavy atom. The molecule has 1 atom stereocenters. The second-order valence-electron chi connectivity index (χ2n) is 5.84. The van der Waals surface area contributed by atoms with Crippen LogP contribution in [0.25, 0.3) is 0 Å². The Labute approximate surface area is 147 Å². The molecule has 132 valence electrons. The lowest BCUT2D eigenvalue weighted by Crippen LogP contribution is -2.30. The van der Waals surface area contributed by atoms with Gasteiger partial charge in [0.15, 0.2) is 0 Å². The number of carbonyl (C=O) groups excluding carboxylic acids is 1. The van der Waals surface area contributed by atoms with Crippen LogP contribution in [-0.4, -0.2) is 31.3 Å². The van der Waals surface area contributed by atoms with Crippen LogP contribution in [-0.2, 0) is 16.1 Å². The van der Waals surface area contributed by atoms with Gasteiger partial charge in [-0.25, -0.2) is 4.79 Å². The summed E-state index contributed by atoms with van der Waals surface area (Å²) in [5.74, 6) is -0.995. The van der Waals surface area contributed by atoms with Gasteiger partial charge in [0.25, 0.3) is 0 Å². The summed E-state index contributed by atoms with van der Waals surface area (Å²) in [6, 6.07) is 16.0. The Kier molecular flexibility index (Phi) is 6.39. The van der Waals surface area contributed by atoms with Crippen molar-refractivity contribution in [3.05, 3.63) is 65.7 Å². The summed E-state index contributed by atoms with van der Waals surface area (Å²) in [6.07, 6.45) is -0.867. The molecule has 0 radical (unpaired) electrons. The summed E-state index contributed by atoms with van der Waals surface area (Å²) in [5.41, 5.74) is 2.57. The van der Waals surface area contributed by atoms with Gasteiger partial charge in [0.1, 0.15) is 6.61 Å². The highest BCUT2D eigenvalue weighted by Crippen LogP contribution is 2.21. The van der Waals surface area contributed by atoms with E-state index >= 15 is 0 Å². The highest BCUT2D eigenvalue weighted by atomic mass is 16.5. The number of hydrogen-bond donors (Lipinski definition) is 2. The molecule has 0 aliphatic rings. The fourth-order valence-corrected chi connectivity index (χ4v) is 2.34. The lowest BCUT2D eigenvalue weighted by atomic mass is 10.0. The molecule has 2 N–H and O–H groups in total. The Morgan fingerprint density at radius 1 is 1.08 bits per heavy atom. The molecule has 0 bridgehead atoms. The number of hydrogen-bond acceptors (Lipinski definition) is 4. The van der Waals surface area contributed by atoms with Crippen LogP contribution in [0.1, 0.15) is 23.6 Å². The quantitative estimate of drug-likeness (QED) is 0.808. The maximum atomic E-state index is 12.0. The maximum Gasteiger partial charge on any atom is 0.407 e. The number of benzene rings is 2. The number of carbonyl (C=O) groups is 2. The van der Waals surface area contributed by atoms with E-state index in [4.69, 9.17) is 9.84 Å². The normalized spacial score (nSPS) is 11.4. The Hall–Kier alpha value is -3.02. The second kappa shape index (κ2) is 8.73. The van der Waals surface area contributed by atoms with Crippen molar-refractivity contribution in [1.29, 1.82) is 0 Å². The molecule has 0 spiro atoms. The smallest absolute Gasteiger partial charge is 0.407 e. The number of carboxylic acids is 1. The van der Waals surface area contributed by atoms with Crippen molar-refractivity contribution in [2.45, 2.75) is 19.1 Å². The van der Waals surface area contributed by atoms with E-state index in [-0.39, 0.29) is 13.0 Å². The van der Waals surface area contributed by atoms with Crippen LogP contribution >= 0.6 is 0 Å². The van der Waals surface area contributed by atoms with Crippen LogP contribution < -0.4 is 10.2 Å². The van der Waals surface area contributed by atoms with Crippen molar-refractivity contribution in [2.24, 2.45) is 0 Å². The SMILES string of the molecule is CN(C)c1ccc(C(CC(=O)O)NC(=O)OCc2ccccc2)cc1. The number of ether oxygens (including phenoxy) is 1. The maximum absolute atomic E-state index is 12.0. The van der Waals surface area contributed by atoms with Gasteiger partial charge >= 0.3 is 12.1 Å². The highest BCUT2D eigenvalue weighted by Gasteiger charge is 2.19. The molecule has 2 rings (SSSR count). The first-order valence-electron chi connectivity index (χ1n) is 7.92. The number of amides is 1. The number of anilines is 1. The lowest BCUT2D eigenvalue weighted by Gasteiger charge is -2.19. The number of nitrogens with zero attached hydrogens (tertiary/aromatic N) is 1. The van der Waals surface area contributed by atoms with E-state index in [0.29, 0.717) is 5.56 Å². The molecule has 2 aromatic carbocycles. The van der Waals surface area contributed by atoms with Gasteiger partial charge in [0.05, 0.1) is 12.5 Å². The molecule has 0 aromatic heterocycles. The topological polar surface area (TPSA) is 78.9 Å². The van der Waals surface area contributed by atoms with E-state index in [0.717, 1.165) is 11.3 Å². The van der Waals surface area contributed by atoms with Crippen molar-refractivity contribution in [2.75, 3.05) is 19.0 Å². The molecule has 0 heterocycles. The predicted molar refractivity (Wildman–Crippen MR) is 95.5 cm³/mol. The summed E-state index contributed by atoms with van der Waals surface area (Å²) >= 11 is 0. The van der Waals surface area contributed by atoms with E-state index in [1.54, 1.807) is 12.1 Å². The van der Waals surface area contributed by atoms with Gasteiger partial charge in [-0.15, -0.1) is 0 Å². The molecule has 2 aromatic rings. The Morgan fingerprint density at radius 3 is 2.28 bits per heavy atom. The van der Waals surface area contributed by atoms with Gasteiger partial charge in [-0.1, -0.05) is 42.5 Å². The molecule has 6 heteroatoms. The summed E-state index contributed by atoms with van der Waals surface area (Å²) in [4.78, 5) is 25.1. The molecule has 25 heavy (non-hydrogen) atoms. The number of aliphatic carboxylic acids is 1. The van der Waals surface area contributed by atoms with Crippen LogP contribution in [0.2, 0.25) is 0 Å². The van der Waals surface area contributed by atoms with Gasteiger partial charge in [0.2, 0.25) is 0 Å². The van der Waals surface area contributed by atoms with E-state index in [1.165, 1.54) is 0 Å². The monoisotopic (exact) mass is 342 g/mol. The zero-order valence-corrected chi connectivity index (χ0v) is 14.3. The van der Waals surface area contributed by atoms with Crippen molar-refractivity contribution in [1.82, 2.24) is 5.32 Å². The summed E-state index contributed by atoms with van der Waals surface area (Å²) in [5, 5.41) is 11.7. The van der Waals surface area contributed by atoms with Crippen LogP contribution in [0.15, 0.2) is 54.6 Å². The van der Waals surface area contributed by atoms with Gasteiger partial charge < -0.3 is 20.1 Å². The third-order valence-corrected chi connectivity index (χ3v) is 3.70. The summed E-state index contributed by atoms with van der Waals surface area (Å²) in [6.45, 7) is 0.131. The molecule has 1 unspecified atom stereocenters. The zero-order chi connectivity index (χ0) is 18.2. The summed E-state index contributed by atoms with van der Waals surface area (Å²) in [7, 11) is 3.84. The fraction of sp³-hybridized carbons (Fsp3) is 0.263. The van der Waals surface area contributed by atoms with Gasteiger partial charge in [0, 0.05) is 19.8 Å². The Bertz CT molecular complexity index is 699. The van der Waals surface area contributed by atoms with Gasteiger partial charge in [-0.2, -0.15) is 0 Å².